The highest BCUT2D eigenvalue weighted by Crippen LogP contribution is 2.37. The Morgan fingerprint density at radius 2 is 1.88 bits per heavy atom. The molecule has 5 nitrogen and oxygen atoms in total. The van der Waals surface area contributed by atoms with Crippen molar-refractivity contribution in [3.63, 3.8) is 0 Å². The summed E-state index contributed by atoms with van der Waals surface area (Å²) in [4.78, 5) is 0. The summed E-state index contributed by atoms with van der Waals surface area (Å²) >= 11 is 3.37. The number of methoxy groups -OCH3 is 1. The van der Waals surface area contributed by atoms with Crippen molar-refractivity contribution in [2.75, 3.05) is 7.11 Å². The third-order valence-corrected chi connectivity index (χ3v) is 3.60. The molecule has 2 aromatic carbocycles. The number of alkyl halides is 3. The lowest BCUT2D eigenvalue weighted by Gasteiger charge is -2.14. The highest BCUT2D eigenvalue weighted by atomic mass is 79.9. The van der Waals surface area contributed by atoms with E-state index in [1.165, 1.54) is 37.6 Å². The molecule has 0 spiro atoms. The van der Waals surface area contributed by atoms with Gasteiger partial charge < -0.3 is 20.1 Å². The molecule has 0 aromatic heterocycles. The van der Waals surface area contributed by atoms with Crippen molar-refractivity contribution in [2.45, 2.75) is 13.0 Å². The lowest BCUT2D eigenvalue weighted by atomic mass is 10.2. The first-order valence-electron chi connectivity index (χ1n) is 6.90. The molecule has 2 aromatic rings. The molecule has 0 unspecified atom stereocenters. The van der Waals surface area contributed by atoms with Crippen LogP contribution in [-0.4, -0.2) is 19.7 Å². The maximum Gasteiger partial charge on any atom is 0.573 e. The van der Waals surface area contributed by atoms with Crippen molar-refractivity contribution in [1.82, 2.24) is 0 Å². The van der Waals surface area contributed by atoms with Gasteiger partial charge in [0, 0.05) is 0 Å². The first kappa shape index (κ1) is 18.9. The number of benzene rings is 2. The number of nitrogens with zero attached hydrogens (tertiary/aromatic N) is 1. The van der Waals surface area contributed by atoms with E-state index in [1.54, 1.807) is 12.1 Å². The minimum absolute atomic E-state index is 0.131. The summed E-state index contributed by atoms with van der Waals surface area (Å²) in [6.07, 6.45) is -3.26. The fourth-order valence-corrected chi connectivity index (χ4v) is 2.56. The molecular weight excluding hydrogens is 405 g/mol. The monoisotopic (exact) mass is 418 g/mol. The first-order chi connectivity index (χ1) is 11.8. The molecule has 0 aliphatic rings. The van der Waals surface area contributed by atoms with Crippen LogP contribution in [0, 0.1) is 0 Å². The second-order valence-electron chi connectivity index (χ2n) is 4.79. The van der Waals surface area contributed by atoms with Gasteiger partial charge in [0.05, 0.1) is 17.8 Å². The Morgan fingerprint density at radius 1 is 1.20 bits per heavy atom. The summed E-state index contributed by atoms with van der Waals surface area (Å²) in [7, 11) is 1.49. The molecule has 0 aliphatic carbocycles. The van der Waals surface area contributed by atoms with E-state index in [9.17, 15) is 13.2 Å². The molecule has 25 heavy (non-hydrogen) atoms. The van der Waals surface area contributed by atoms with E-state index in [2.05, 4.69) is 25.8 Å². The number of halogens is 4. The molecule has 0 saturated heterocycles. The summed E-state index contributed by atoms with van der Waals surface area (Å²) < 4.78 is 51.9. The van der Waals surface area contributed by atoms with Crippen LogP contribution in [0.25, 0.3) is 0 Å². The summed E-state index contributed by atoms with van der Waals surface area (Å²) in [5.41, 5.74) is 1.38. The highest BCUT2D eigenvalue weighted by molar-refractivity contribution is 9.10. The second kappa shape index (κ2) is 8.11. The van der Waals surface area contributed by atoms with E-state index in [1.807, 2.05) is 0 Å². The van der Waals surface area contributed by atoms with Gasteiger partial charge in [-0.25, -0.2) is 0 Å². The summed E-state index contributed by atoms with van der Waals surface area (Å²) in [5.74, 6) is 5.75. The summed E-state index contributed by atoms with van der Waals surface area (Å²) in [6.45, 7) is 0.131. The minimum Gasteiger partial charge on any atom is -0.493 e. The third-order valence-electron chi connectivity index (χ3n) is 3.02. The molecule has 134 valence electrons. The topological polar surface area (TPSA) is 66.1 Å². The zero-order valence-electron chi connectivity index (χ0n) is 13.0. The Hall–Kier alpha value is -2.42. The Kier molecular flexibility index (Phi) is 6.13. The minimum atomic E-state index is -4.72. The zero-order valence-corrected chi connectivity index (χ0v) is 14.6. The molecule has 0 radical (unpaired) electrons. The van der Waals surface area contributed by atoms with E-state index >= 15 is 0 Å². The highest BCUT2D eigenvalue weighted by Gasteiger charge is 2.30. The summed E-state index contributed by atoms with van der Waals surface area (Å²) in [6, 6.07) is 8.84. The number of ether oxygens (including phenoxy) is 3. The molecule has 0 fully saturated rings. The van der Waals surface area contributed by atoms with Crippen LogP contribution in [0.4, 0.5) is 13.2 Å². The lowest BCUT2D eigenvalue weighted by molar-refractivity contribution is -0.274. The van der Waals surface area contributed by atoms with Crippen LogP contribution >= 0.6 is 15.9 Å². The van der Waals surface area contributed by atoms with Crippen LogP contribution in [0.3, 0.4) is 0 Å². The van der Waals surface area contributed by atoms with Crippen LogP contribution in [0.1, 0.15) is 11.1 Å². The molecule has 0 heterocycles. The number of hydrogen-bond donors (Lipinski definition) is 1. The second-order valence-corrected chi connectivity index (χ2v) is 5.65. The average molecular weight is 419 g/mol. The fraction of sp³-hybridized carbons (Fsp3) is 0.188. The van der Waals surface area contributed by atoms with Gasteiger partial charge in [-0.2, -0.15) is 5.10 Å². The Balaban J connectivity index is 2.10. The number of rotatable bonds is 6. The maximum absolute atomic E-state index is 12.1. The van der Waals surface area contributed by atoms with E-state index < -0.39 is 6.36 Å². The quantitative estimate of drug-likeness (QED) is 0.433. The normalized spacial score (nSPS) is 11.6. The lowest BCUT2D eigenvalue weighted by Crippen LogP contribution is -2.17. The molecule has 0 aliphatic heterocycles. The predicted octanol–water partition coefficient (Wildman–Crippen LogP) is 4.23. The zero-order chi connectivity index (χ0) is 18.4. The molecule has 0 bridgehead atoms. The molecule has 2 N–H and O–H groups in total. The third kappa shape index (κ3) is 5.56. The van der Waals surface area contributed by atoms with E-state index in [-0.39, 0.29) is 12.4 Å². The van der Waals surface area contributed by atoms with Crippen molar-refractivity contribution < 1.29 is 27.4 Å². The van der Waals surface area contributed by atoms with Gasteiger partial charge in [-0.3, -0.25) is 0 Å². The Morgan fingerprint density at radius 3 is 2.44 bits per heavy atom. The predicted molar refractivity (Wildman–Crippen MR) is 89.9 cm³/mol. The van der Waals surface area contributed by atoms with Crippen LogP contribution < -0.4 is 20.1 Å². The first-order valence-corrected chi connectivity index (χ1v) is 7.70. The van der Waals surface area contributed by atoms with Gasteiger partial charge in [-0.15, -0.1) is 13.2 Å². The van der Waals surface area contributed by atoms with Crippen LogP contribution in [0.2, 0.25) is 0 Å². The van der Waals surface area contributed by atoms with Crippen LogP contribution in [-0.2, 0) is 6.61 Å². The average Bonchev–Trinajstić information content (AvgIpc) is 2.53. The van der Waals surface area contributed by atoms with Crippen molar-refractivity contribution in [2.24, 2.45) is 10.9 Å². The van der Waals surface area contributed by atoms with Gasteiger partial charge in [0.2, 0.25) is 0 Å². The van der Waals surface area contributed by atoms with Crippen molar-refractivity contribution in [1.29, 1.82) is 0 Å². The number of hydrazone groups is 1. The van der Waals surface area contributed by atoms with Crippen LogP contribution in [0.5, 0.6) is 17.2 Å². The van der Waals surface area contributed by atoms with Gasteiger partial charge in [-0.05, 0) is 51.3 Å². The Labute approximate surface area is 150 Å². The SMILES string of the molecule is COc1cc(C=NN)cc(Br)c1OCc1ccc(OC(F)(F)F)cc1. The Bertz CT molecular complexity index is 750. The molecule has 0 atom stereocenters. The molecule has 2 rings (SSSR count). The van der Waals surface area contributed by atoms with E-state index in [0.29, 0.717) is 27.1 Å². The van der Waals surface area contributed by atoms with Gasteiger partial charge >= 0.3 is 6.36 Å². The fourth-order valence-electron chi connectivity index (χ4n) is 1.98. The number of hydrogen-bond acceptors (Lipinski definition) is 5. The van der Waals surface area contributed by atoms with Gasteiger partial charge in [-0.1, -0.05) is 12.1 Å². The largest absolute Gasteiger partial charge is 0.573 e. The smallest absolute Gasteiger partial charge is 0.493 e. The maximum atomic E-state index is 12.1. The van der Waals surface area contributed by atoms with Crippen molar-refractivity contribution in [3.05, 3.63) is 52.0 Å². The summed E-state index contributed by atoms with van der Waals surface area (Å²) in [5, 5.41) is 3.45. The van der Waals surface area contributed by atoms with E-state index in [4.69, 9.17) is 15.3 Å². The molecule has 0 amide bonds. The van der Waals surface area contributed by atoms with Crippen molar-refractivity contribution in [3.8, 4) is 17.2 Å². The molecule has 9 heteroatoms. The molecule has 0 saturated carbocycles. The van der Waals surface area contributed by atoms with E-state index in [0.717, 1.165) is 0 Å². The molecular formula is C16H14BrF3N2O3. The van der Waals surface area contributed by atoms with Gasteiger partial charge in [0.25, 0.3) is 0 Å². The van der Waals surface area contributed by atoms with Crippen LogP contribution in [0.15, 0.2) is 46.0 Å². The van der Waals surface area contributed by atoms with Crippen molar-refractivity contribution >= 4 is 22.1 Å². The van der Waals surface area contributed by atoms with Gasteiger partial charge in [0.1, 0.15) is 12.4 Å². The standard InChI is InChI=1S/C16H14BrF3N2O3/c1-23-14-7-11(8-22-21)6-13(17)15(14)24-9-10-2-4-12(5-3-10)25-16(18,19)20/h2-8H,9,21H2,1H3. The number of nitrogens with two attached hydrogens (primary N) is 1. The van der Waals surface area contributed by atoms with Gasteiger partial charge in [0.15, 0.2) is 11.5 Å².